The molecule has 2 aromatic carbocycles. The maximum Gasteiger partial charge on any atom is 0.231 e. The summed E-state index contributed by atoms with van der Waals surface area (Å²) in [6, 6.07) is 7.94. The lowest BCUT2D eigenvalue weighted by Crippen LogP contribution is -2.36. The highest BCUT2D eigenvalue weighted by Crippen LogP contribution is 2.50. The highest BCUT2D eigenvalue weighted by molar-refractivity contribution is 6.07. The zero-order valence-corrected chi connectivity index (χ0v) is 15.0. The number of aromatic hydroxyl groups is 1. The Kier molecular flexibility index (Phi) is 4.38. The molecule has 2 amide bonds. The number of carbonyl (C=O) groups excluding carboxylic acids is 3. The number of Topliss-reactive ketones (excluding diaryl/α,β-unsaturated/α-hetero) is 1. The van der Waals surface area contributed by atoms with Crippen LogP contribution in [0.25, 0.3) is 0 Å². The van der Waals surface area contributed by atoms with Gasteiger partial charge in [-0.15, -0.1) is 0 Å². The first kappa shape index (κ1) is 17.8. The van der Waals surface area contributed by atoms with Crippen LogP contribution in [0.2, 0.25) is 0 Å². The molecule has 2 atom stereocenters. The molecule has 0 saturated heterocycles. The second kappa shape index (κ2) is 6.88. The zero-order chi connectivity index (χ0) is 19.8. The van der Waals surface area contributed by atoms with Crippen molar-refractivity contribution in [2.75, 3.05) is 19.0 Å². The number of phenols is 1. The Labute approximate surface area is 160 Å². The average Bonchev–Trinajstić information content (AvgIpc) is 3.06. The number of anilines is 1. The molecule has 8 nitrogen and oxygen atoms in total. The topological polar surface area (TPSA) is 114 Å². The molecule has 0 bridgehead atoms. The van der Waals surface area contributed by atoms with E-state index in [1.807, 2.05) is 0 Å². The Morgan fingerprint density at radius 1 is 1.29 bits per heavy atom. The van der Waals surface area contributed by atoms with Crippen LogP contribution in [0.5, 0.6) is 17.2 Å². The van der Waals surface area contributed by atoms with E-state index in [4.69, 9.17) is 9.47 Å². The van der Waals surface area contributed by atoms with Crippen molar-refractivity contribution in [3.05, 3.63) is 47.0 Å². The fourth-order valence-electron chi connectivity index (χ4n) is 3.79. The molecule has 28 heavy (non-hydrogen) atoms. The van der Waals surface area contributed by atoms with Crippen molar-refractivity contribution in [3.8, 4) is 17.2 Å². The molecule has 2 aliphatic heterocycles. The van der Waals surface area contributed by atoms with E-state index in [1.54, 1.807) is 24.3 Å². The van der Waals surface area contributed by atoms with Gasteiger partial charge < -0.3 is 25.2 Å². The standard InChI is InChI=1S/C20H18N2O6/c1-27-15-8-10(2-4-12(15)24)19-18-17-14(28-19)5-3-11(22-9-23)16(17)13(25)6-7-21-20(18)26/h2-5,8-9,18-19,24H,6-7H2,1H3,(H,21,26)(H,22,23). The number of phenolic OH excluding ortho intramolecular Hbond substituents is 1. The number of hydrogen-bond acceptors (Lipinski definition) is 6. The van der Waals surface area contributed by atoms with Crippen LogP contribution < -0.4 is 20.1 Å². The number of ether oxygens (including phenoxy) is 2. The third-order valence-electron chi connectivity index (χ3n) is 5.03. The van der Waals surface area contributed by atoms with Crippen molar-refractivity contribution in [3.63, 3.8) is 0 Å². The molecule has 0 saturated carbocycles. The first-order valence-electron chi connectivity index (χ1n) is 8.76. The molecule has 0 radical (unpaired) electrons. The summed E-state index contributed by atoms with van der Waals surface area (Å²) in [6.45, 7) is 0.198. The molecule has 3 N–H and O–H groups in total. The molecule has 2 heterocycles. The van der Waals surface area contributed by atoms with Gasteiger partial charge in [-0.05, 0) is 29.8 Å². The summed E-state index contributed by atoms with van der Waals surface area (Å²) in [5, 5.41) is 15.2. The van der Waals surface area contributed by atoms with Crippen molar-refractivity contribution in [2.24, 2.45) is 0 Å². The van der Waals surface area contributed by atoms with Gasteiger partial charge in [0.05, 0.1) is 12.8 Å². The van der Waals surface area contributed by atoms with E-state index < -0.39 is 12.0 Å². The monoisotopic (exact) mass is 382 g/mol. The first-order chi connectivity index (χ1) is 13.5. The summed E-state index contributed by atoms with van der Waals surface area (Å²) >= 11 is 0. The summed E-state index contributed by atoms with van der Waals surface area (Å²) in [7, 11) is 1.43. The van der Waals surface area contributed by atoms with Crippen molar-refractivity contribution in [2.45, 2.75) is 18.4 Å². The molecule has 0 aliphatic carbocycles. The van der Waals surface area contributed by atoms with Crippen LogP contribution >= 0.6 is 0 Å². The lowest BCUT2D eigenvalue weighted by Gasteiger charge is -2.23. The number of amides is 2. The molecule has 4 rings (SSSR count). The predicted molar refractivity (Wildman–Crippen MR) is 98.9 cm³/mol. The van der Waals surface area contributed by atoms with Crippen LogP contribution in [0.1, 0.15) is 39.9 Å². The fraction of sp³-hybridized carbons (Fsp3) is 0.250. The highest BCUT2D eigenvalue weighted by atomic mass is 16.5. The van der Waals surface area contributed by atoms with Crippen LogP contribution in [-0.2, 0) is 9.59 Å². The summed E-state index contributed by atoms with van der Waals surface area (Å²) < 4.78 is 11.2. The normalized spacial score (nSPS) is 20.3. The van der Waals surface area contributed by atoms with Gasteiger partial charge in [-0.3, -0.25) is 14.4 Å². The van der Waals surface area contributed by atoms with Crippen molar-refractivity contribution in [1.29, 1.82) is 0 Å². The van der Waals surface area contributed by atoms with Crippen molar-refractivity contribution < 1.29 is 29.0 Å². The van der Waals surface area contributed by atoms with E-state index in [1.165, 1.54) is 13.2 Å². The number of hydrogen-bond donors (Lipinski definition) is 3. The molecule has 0 fully saturated rings. The van der Waals surface area contributed by atoms with Gasteiger partial charge in [0.25, 0.3) is 0 Å². The van der Waals surface area contributed by atoms with E-state index in [0.29, 0.717) is 34.5 Å². The fourth-order valence-corrected chi connectivity index (χ4v) is 3.79. The number of carbonyl (C=O) groups is 3. The maximum absolute atomic E-state index is 12.9. The maximum atomic E-state index is 12.9. The molecule has 8 heteroatoms. The largest absolute Gasteiger partial charge is 0.504 e. The van der Waals surface area contributed by atoms with Gasteiger partial charge in [0.15, 0.2) is 17.3 Å². The van der Waals surface area contributed by atoms with E-state index in [9.17, 15) is 19.5 Å². The van der Waals surface area contributed by atoms with E-state index >= 15 is 0 Å². The number of benzene rings is 2. The Morgan fingerprint density at radius 2 is 2.11 bits per heavy atom. The second-order valence-electron chi connectivity index (χ2n) is 6.57. The minimum absolute atomic E-state index is 0.0304. The minimum atomic E-state index is -0.781. The first-order valence-corrected chi connectivity index (χ1v) is 8.76. The van der Waals surface area contributed by atoms with E-state index in [2.05, 4.69) is 10.6 Å². The second-order valence-corrected chi connectivity index (χ2v) is 6.57. The summed E-state index contributed by atoms with van der Waals surface area (Å²) in [6.07, 6.45) is -0.0851. The summed E-state index contributed by atoms with van der Waals surface area (Å²) in [5.74, 6) is -0.595. The van der Waals surface area contributed by atoms with Gasteiger partial charge in [-0.2, -0.15) is 0 Å². The summed E-state index contributed by atoms with van der Waals surface area (Å²) in [4.78, 5) is 36.6. The van der Waals surface area contributed by atoms with Crippen LogP contribution in [0.15, 0.2) is 30.3 Å². The average molecular weight is 382 g/mol. The lowest BCUT2D eigenvalue weighted by atomic mass is 9.84. The number of rotatable bonds is 4. The molecule has 0 spiro atoms. The smallest absolute Gasteiger partial charge is 0.231 e. The van der Waals surface area contributed by atoms with Crippen LogP contribution in [0, 0.1) is 0 Å². The van der Waals surface area contributed by atoms with E-state index in [-0.39, 0.29) is 36.2 Å². The number of ketones is 1. The van der Waals surface area contributed by atoms with Gasteiger partial charge >= 0.3 is 0 Å². The lowest BCUT2D eigenvalue weighted by molar-refractivity contribution is -0.124. The van der Waals surface area contributed by atoms with Crippen molar-refractivity contribution in [1.82, 2.24) is 5.32 Å². The Bertz CT molecular complexity index is 987. The number of methoxy groups -OCH3 is 1. The van der Waals surface area contributed by atoms with Crippen LogP contribution in [0.4, 0.5) is 5.69 Å². The molecule has 2 unspecified atom stereocenters. The van der Waals surface area contributed by atoms with Gasteiger partial charge in [-0.1, -0.05) is 6.07 Å². The molecule has 2 aromatic rings. The third-order valence-corrected chi connectivity index (χ3v) is 5.03. The van der Waals surface area contributed by atoms with Gasteiger partial charge in [0.1, 0.15) is 17.8 Å². The van der Waals surface area contributed by atoms with Gasteiger partial charge in [0, 0.05) is 24.1 Å². The predicted octanol–water partition coefficient (Wildman–Crippen LogP) is 1.89. The summed E-state index contributed by atoms with van der Waals surface area (Å²) in [5.41, 5.74) is 1.74. The van der Waals surface area contributed by atoms with Crippen LogP contribution in [0.3, 0.4) is 0 Å². The zero-order valence-electron chi connectivity index (χ0n) is 15.0. The molecule has 144 valence electrons. The molecule has 0 aromatic heterocycles. The number of nitrogens with one attached hydrogen (secondary N) is 2. The van der Waals surface area contributed by atoms with Crippen LogP contribution in [-0.4, -0.2) is 36.9 Å². The SMILES string of the molecule is COc1cc(C2Oc3ccc(NC=O)c4c3C2C(=O)NCCC4=O)ccc1O. The van der Waals surface area contributed by atoms with E-state index in [0.717, 1.165) is 0 Å². The Balaban J connectivity index is 1.89. The Morgan fingerprint density at radius 3 is 2.86 bits per heavy atom. The van der Waals surface area contributed by atoms with Gasteiger partial charge in [-0.25, -0.2) is 0 Å². The minimum Gasteiger partial charge on any atom is -0.504 e. The van der Waals surface area contributed by atoms with Crippen molar-refractivity contribution >= 4 is 23.8 Å². The molecule has 2 aliphatic rings. The Hall–Kier alpha value is -3.55. The highest BCUT2D eigenvalue weighted by Gasteiger charge is 2.45. The molecular weight excluding hydrogens is 364 g/mol. The third kappa shape index (κ3) is 2.74. The molecular formula is C20H18N2O6. The quantitative estimate of drug-likeness (QED) is 0.696. The van der Waals surface area contributed by atoms with Gasteiger partial charge in [0.2, 0.25) is 12.3 Å².